The number of benzene rings is 1. The maximum Gasteiger partial charge on any atom is 0.236 e. The first-order chi connectivity index (χ1) is 11.0. The number of hydrogen-bond donors (Lipinski definition) is 1. The van der Waals surface area contributed by atoms with E-state index in [1.165, 1.54) is 24.3 Å². The number of rotatable bonds is 5. The van der Waals surface area contributed by atoms with Gasteiger partial charge in [0.25, 0.3) is 0 Å². The number of thioether (sulfide) groups is 1. The Labute approximate surface area is 137 Å². The van der Waals surface area contributed by atoms with Crippen molar-refractivity contribution in [3.63, 3.8) is 0 Å². The third-order valence-corrected chi connectivity index (χ3v) is 5.49. The lowest BCUT2D eigenvalue weighted by molar-refractivity contribution is -0.142. The molecule has 23 heavy (non-hydrogen) atoms. The van der Waals surface area contributed by atoms with E-state index in [-0.39, 0.29) is 37.2 Å². The third-order valence-electron chi connectivity index (χ3n) is 4.24. The summed E-state index contributed by atoms with van der Waals surface area (Å²) in [4.78, 5) is 25.7. The van der Waals surface area contributed by atoms with Gasteiger partial charge >= 0.3 is 0 Å². The molecule has 0 bridgehead atoms. The molecule has 2 heterocycles. The quantitative estimate of drug-likeness (QED) is 0.823. The smallest absolute Gasteiger partial charge is 0.236 e. The van der Waals surface area contributed by atoms with Crippen LogP contribution in [0.3, 0.4) is 0 Å². The molecule has 7 heteroatoms. The summed E-state index contributed by atoms with van der Waals surface area (Å²) in [6, 6.07) is 5.44. The van der Waals surface area contributed by atoms with Gasteiger partial charge in [0.15, 0.2) is 0 Å². The molecule has 2 aliphatic heterocycles. The lowest BCUT2D eigenvalue weighted by atomic mass is 9.86. The zero-order chi connectivity index (χ0) is 16.4. The van der Waals surface area contributed by atoms with Crippen molar-refractivity contribution in [2.45, 2.75) is 18.9 Å². The molecule has 2 amide bonds. The van der Waals surface area contributed by atoms with Gasteiger partial charge in [-0.1, -0.05) is 0 Å². The van der Waals surface area contributed by atoms with Gasteiger partial charge in [-0.05, 0) is 36.4 Å². The summed E-state index contributed by atoms with van der Waals surface area (Å²) >= 11 is 1.69. The Morgan fingerprint density at radius 3 is 2.74 bits per heavy atom. The zero-order valence-electron chi connectivity index (χ0n) is 12.5. The number of amides is 2. The fourth-order valence-corrected chi connectivity index (χ4v) is 4.39. The SMILES string of the molecule is O=C1C[C@@]2(CCSC2)C(=O)N1C[C@H](O)COc1ccc(F)cc1. The maximum atomic E-state index is 12.8. The second kappa shape index (κ2) is 6.49. The summed E-state index contributed by atoms with van der Waals surface area (Å²) in [6.45, 7) is -0.129. The Bertz CT molecular complexity index is 601. The molecule has 0 radical (unpaired) electrons. The van der Waals surface area contributed by atoms with E-state index in [0.717, 1.165) is 17.1 Å². The number of ether oxygens (including phenoxy) is 1. The first kappa shape index (κ1) is 16.3. The molecule has 1 aromatic rings. The van der Waals surface area contributed by atoms with E-state index < -0.39 is 11.5 Å². The minimum absolute atomic E-state index is 0.0642. The summed E-state index contributed by atoms with van der Waals surface area (Å²) in [7, 11) is 0. The highest BCUT2D eigenvalue weighted by Crippen LogP contribution is 2.44. The summed E-state index contributed by atoms with van der Waals surface area (Å²) in [5.41, 5.74) is -0.556. The van der Waals surface area contributed by atoms with Gasteiger partial charge in [0.1, 0.15) is 24.3 Å². The van der Waals surface area contributed by atoms with Crippen molar-refractivity contribution in [1.29, 1.82) is 0 Å². The molecule has 0 unspecified atom stereocenters. The molecule has 3 rings (SSSR count). The lowest BCUT2D eigenvalue weighted by Gasteiger charge is -2.22. The molecule has 1 aromatic carbocycles. The summed E-state index contributed by atoms with van der Waals surface area (Å²) < 4.78 is 18.1. The van der Waals surface area contributed by atoms with E-state index in [1.54, 1.807) is 11.8 Å². The van der Waals surface area contributed by atoms with Gasteiger partial charge in [0.05, 0.1) is 12.0 Å². The van der Waals surface area contributed by atoms with Gasteiger partial charge in [-0.2, -0.15) is 11.8 Å². The molecule has 124 valence electrons. The average molecular weight is 339 g/mol. The maximum absolute atomic E-state index is 12.8. The first-order valence-corrected chi connectivity index (χ1v) is 8.65. The molecule has 2 saturated heterocycles. The highest BCUT2D eigenvalue weighted by Gasteiger charge is 2.53. The number of carbonyl (C=O) groups excluding carboxylic acids is 2. The van der Waals surface area contributed by atoms with Crippen molar-refractivity contribution in [2.75, 3.05) is 24.7 Å². The number of aliphatic hydroxyl groups excluding tert-OH is 1. The van der Waals surface area contributed by atoms with Crippen LogP contribution in [-0.4, -0.2) is 52.6 Å². The van der Waals surface area contributed by atoms with Crippen LogP contribution in [0.1, 0.15) is 12.8 Å². The number of likely N-dealkylation sites (tertiary alicyclic amines) is 1. The van der Waals surface area contributed by atoms with Gasteiger partial charge in [0.2, 0.25) is 11.8 Å². The minimum Gasteiger partial charge on any atom is -0.491 e. The van der Waals surface area contributed by atoms with Gasteiger partial charge in [-0.3, -0.25) is 14.5 Å². The van der Waals surface area contributed by atoms with Crippen molar-refractivity contribution in [1.82, 2.24) is 4.90 Å². The van der Waals surface area contributed by atoms with Crippen molar-refractivity contribution < 1.29 is 23.8 Å². The van der Waals surface area contributed by atoms with Crippen molar-refractivity contribution in [3.8, 4) is 5.75 Å². The number of halogens is 1. The molecule has 5 nitrogen and oxygen atoms in total. The summed E-state index contributed by atoms with van der Waals surface area (Å²) in [5.74, 6) is 1.23. The van der Waals surface area contributed by atoms with Crippen LogP contribution in [0.15, 0.2) is 24.3 Å². The molecule has 0 saturated carbocycles. The predicted octanol–water partition coefficient (Wildman–Crippen LogP) is 1.45. The van der Waals surface area contributed by atoms with Crippen LogP contribution in [0.5, 0.6) is 5.75 Å². The number of imide groups is 1. The Hall–Kier alpha value is -1.60. The predicted molar refractivity (Wildman–Crippen MR) is 83.6 cm³/mol. The Balaban J connectivity index is 1.55. The monoisotopic (exact) mass is 339 g/mol. The van der Waals surface area contributed by atoms with Crippen LogP contribution in [-0.2, 0) is 9.59 Å². The Morgan fingerprint density at radius 2 is 2.09 bits per heavy atom. The number of β-amino-alcohol motifs (C(OH)–C–C–N with tert-alkyl or cyclic N) is 1. The topological polar surface area (TPSA) is 66.8 Å². The van der Waals surface area contributed by atoms with Gasteiger partial charge in [-0.15, -0.1) is 0 Å². The van der Waals surface area contributed by atoms with E-state index in [1.807, 2.05) is 0 Å². The highest BCUT2D eigenvalue weighted by atomic mass is 32.2. The molecule has 2 atom stereocenters. The molecule has 1 spiro atoms. The summed E-state index contributed by atoms with van der Waals surface area (Å²) in [5, 5.41) is 10.0. The fraction of sp³-hybridized carbons (Fsp3) is 0.500. The second-order valence-electron chi connectivity index (χ2n) is 5.99. The third kappa shape index (κ3) is 3.35. The number of nitrogens with zero attached hydrogens (tertiary/aromatic N) is 1. The van der Waals surface area contributed by atoms with Crippen LogP contribution >= 0.6 is 11.8 Å². The molecule has 0 aromatic heterocycles. The summed E-state index contributed by atoms with van der Waals surface area (Å²) in [6.07, 6.45) is -0.0113. The lowest BCUT2D eigenvalue weighted by Crippen LogP contribution is -2.41. The molecule has 1 N–H and O–H groups in total. The van der Waals surface area contributed by atoms with E-state index in [4.69, 9.17) is 4.74 Å². The molecule has 2 fully saturated rings. The van der Waals surface area contributed by atoms with E-state index >= 15 is 0 Å². The average Bonchev–Trinajstić information content (AvgIpc) is 3.08. The van der Waals surface area contributed by atoms with Crippen LogP contribution in [0.2, 0.25) is 0 Å². The van der Waals surface area contributed by atoms with Gasteiger partial charge < -0.3 is 9.84 Å². The molecular weight excluding hydrogens is 321 g/mol. The molecule has 0 aliphatic carbocycles. The van der Waals surface area contributed by atoms with Crippen molar-refractivity contribution in [3.05, 3.63) is 30.1 Å². The normalized spacial score (nSPS) is 25.4. The second-order valence-corrected chi connectivity index (χ2v) is 7.09. The Morgan fingerprint density at radius 1 is 1.35 bits per heavy atom. The van der Waals surface area contributed by atoms with Crippen molar-refractivity contribution >= 4 is 23.6 Å². The largest absolute Gasteiger partial charge is 0.491 e. The van der Waals surface area contributed by atoms with Crippen LogP contribution in [0.4, 0.5) is 4.39 Å². The van der Waals surface area contributed by atoms with E-state index in [2.05, 4.69) is 0 Å². The molecule has 2 aliphatic rings. The van der Waals surface area contributed by atoms with E-state index in [0.29, 0.717) is 11.5 Å². The zero-order valence-corrected chi connectivity index (χ0v) is 13.4. The fourth-order valence-electron chi connectivity index (χ4n) is 2.95. The highest BCUT2D eigenvalue weighted by molar-refractivity contribution is 7.99. The number of hydrogen-bond acceptors (Lipinski definition) is 5. The van der Waals surface area contributed by atoms with Gasteiger partial charge in [-0.25, -0.2) is 4.39 Å². The number of aliphatic hydroxyl groups is 1. The van der Waals surface area contributed by atoms with Crippen molar-refractivity contribution in [2.24, 2.45) is 5.41 Å². The van der Waals surface area contributed by atoms with Crippen LogP contribution < -0.4 is 4.74 Å². The molecular formula is C16H18FNO4S. The van der Waals surface area contributed by atoms with Gasteiger partial charge in [0, 0.05) is 12.2 Å². The van der Waals surface area contributed by atoms with Crippen LogP contribution in [0, 0.1) is 11.2 Å². The first-order valence-electron chi connectivity index (χ1n) is 7.49. The minimum atomic E-state index is -0.975. The number of carbonyl (C=O) groups is 2. The van der Waals surface area contributed by atoms with Crippen LogP contribution in [0.25, 0.3) is 0 Å². The Kier molecular flexibility index (Phi) is 4.59. The van der Waals surface area contributed by atoms with E-state index in [9.17, 15) is 19.1 Å². The standard InChI is InChI=1S/C16H18FNO4S/c17-11-1-3-13(4-2-11)22-9-12(19)8-18-14(20)7-16(15(18)21)5-6-23-10-16/h1-4,12,19H,5-10H2/t12-,16+/m0/s1.